The number of nitrogens with zero attached hydrogens (tertiary/aromatic N) is 5. The van der Waals surface area contributed by atoms with Crippen molar-refractivity contribution in [3.05, 3.63) is 70.8 Å². The van der Waals surface area contributed by atoms with Crippen molar-refractivity contribution < 1.29 is 4.39 Å². The molecule has 124 valence electrons. The fraction of sp³-hybridized carbons (Fsp3) is 0.111. The van der Waals surface area contributed by atoms with Crippen molar-refractivity contribution in [3.63, 3.8) is 0 Å². The first-order chi connectivity index (χ1) is 12.1. The maximum Gasteiger partial charge on any atom is 0.258 e. The monoisotopic (exact) mass is 335 g/mol. The number of hydrogen-bond acceptors (Lipinski definition) is 4. The van der Waals surface area contributed by atoms with Gasteiger partial charge in [-0.1, -0.05) is 11.3 Å². The Balaban J connectivity index is 1.86. The number of aryl methyl sites for hydroxylation is 1. The van der Waals surface area contributed by atoms with Gasteiger partial charge in [-0.3, -0.25) is 4.79 Å². The quantitative estimate of drug-likeness (QED) is 0.528. The molecule has 0 aliphatic carbocycles. The average molecular weight is 335 g/mol. The molecule has 0 saturated heterocycles. The van der Waals surface area contributed by atoms with Crippen molar-refractivity contribution in [2.24, 2.45) is 7.05 Å². The normalized spacial score (nSPS) is 11.2. The lowest BCUT2D eigenvalue weighted by Crippen LogP contribution is -2.15. The van der Waals surface area contributed by atoms with Crippen molar-refractivity contribution in [3.8, 4) is 16.9 Å². The van der Waals surface area contributed by atoms with Crippen LogP contribution in [0.2, 0.25) is 0 Å². The maximum absolute atomic E-state index is 13.9. The van der Waals surface area contributed by atoms with E-state index < -0.39 is 5.95 Å². The molecule has 0 unspecified atom stereocenters. The maximum atomic E-state index is 13.9. The highest BCUT2D eigenvalue weighted by atomic mass is 19.1. The number of aromatic nitrogens is 5. The summed E-state index contributed by atoms with van der Waals surface area (Å²) in [5.41, 5.74) is 2.32. The van der Waals surface area contributed by atoms with Crippen LogP contribution < -0.4 is 5.56 Å². The molecule has 0 aliphatic rings. The Hall–Kier alpha value is -3.35. The second kappa shape index (κ2) is 5.62. The molecule has 0 fully saturated rings. The lowest BCUT2D eigenvalue weighted by molar-refractivity contribution is 0.564. The van der Waals surface area contributed by atoms with Crippen LogP contribution in [-0.4, -0.2) is 24.5 Å². The molecule has 0 bridgehead atoms. The molecule has 0 N–H and O–H groups in total. The van der Waals surface area contributed by atoms with Crippen LogP contribution in [0.1, 0.15) is 5.69 Å². The molecular weight excluding hydrogens is 321 g/mol. The zero-order valence-corrected chi connectivity index (χ0v) is 13.6. The van der Waals surface area contributed by atoms with E-state index in [1.165, 1.54) is 15.4 Å². The summed E-state index contributed by atoms with van der Waals surface area (Å²) in [7, 11) is 1.72. The lowest BCUT2D eigenvalue weighted by atomic mass is 10.1. The van der Waals surface area contributed by atoms with Crippen LogP contribution in [0.4, 0.5) is 4.39 Å². The molecule has 3 aromatic heterocycles. The summed E-state index contributed by atoms with van der Waals surface area (Å²) in [6, 6.07) is 10.6. The van der Waals surface area contributed by atoms with Crippen LogP contribution >= 0.6 is 0 Å². The average Bonchev–Trinajstić information content (AvgIpc) is 3.00. The third-order valence-electron chi connectivity index (χ3n) is 4.22. The highest BCUT2D eigenvalue weighted by Crippen LogP contribution is 2.25. The van der Waals surface area contributed by atoms with Gasteiger partial charge in [0, 0.05) is 30.4 Å². The molecular formula is C18H14FN5O. The lowest BCUT2D eigenvalue weighted by Gasteiger charge is -2.05. The number of hydrogen-bond donors (Lipinski definition) is 0. The fourth-order valence-electron chi connectivity index (χ4n) is 2.85. The first-order valence-electron chi connectivity index (χ1n) is 7.69. The van der Waals surface area contributed by atoms with E-state index in [4.69, 9.17) is 0 Å². The first-order valence-corrected chi connectivity index (χ1v) is 7.69. The molecule has 6 nitrogen and oxygen atoms in total. The molecule has 7 heteroatoms. The molecule has 1 aromatic carbocycles. The van der Waals surface area contributed by atoms with Crippen LogP contribution in [0, 0.1) is 12.9 Å². The minimum Gasteiger partial charge on any atom is -0.318 e. The third-order valence-corrected chi connectivity index (χ3v) is 4.22. The van der Waals surface area contributed by atoms with E-state index >= 15 is 0 Å². The molecule has 0 radical (unpaired) electrons. The van der Waals surface area contributed by atoms with Gasteiger partial charge in [-0.15, -0.1) is 5.10 Å². The molecule has 4 aromatic rings. The minimum absolute atomic E-state index is 0.0538. The highest BCUT2D eigenvalue weighted by Gasteiger charge is 2.15. The summed E-state index contributed by atoms with van der Waals surface area (Å²) in [5, 5.41) is 9.70. The summed E-state index contributed by atoms with van der Waals surface area (Å²) in [6.07, 6.45) is 3.11. The third kappa shape index (κ3) is 2.40. The van der Waals surface area contributed by atoms with Crippen molar-refractivity contribution in [2.45, 2.75) is 6.92 Å². The Bertz CT molecular complexity index is 1160. The van der Waals surface area contributed by atoms with E-state index in [1.54, 1.807) is 31.4 Å². The topological polar surface area (TPSA) is 65.6 Å². The molecule has 0 aliphatic heterocycles. The van der Waals surface area contributed by atoms with E-state index in [1.807, 2.05) is 25.1 Å². The second-order valence-electron chi connectivity index (χ2n) is 5.78. The molecule has 0 saturated carbocycles. The molecule has 0 spiro atoms. The molecule has 0 atom stereocenters. The summed E-state index contributed by atoms with van der Waals surface area (Å²) in [4.78, 5) is 15.8. The summed E-state index contributed by atoms with van der Waals surface area (Å²) in [6.45, 7) is 1.82. The van der Waals surface area contributed by atoms with Gasteiger partial charge < -0.3 is 4.57 Å². The van der Waals surface area contributed by atoms with Gasteiger partial charge in [0.2, 0.25) is 5.95 Å². The van der Waals surface area contributed by atoms with Crippen molar-refractivity contribution in [2.75, 3.05) is 0 Å². The van der Waals surface area contributed by atoms with Crippen molar-refractivity contribution in [1.29, 1.82) is 0 Å². The minimum atomic E-state index is -0.607. The van der Waals surface area contributed by atoms with E-state index in [0.717, 1.165) is 10.9 Å². The zero-order valence-electron chi connectivity index (χ0n) is 13.6. The van der Waals surface area contributed by atoms with E-state index in [2.05, 4.69) is 15.3 Å². The van der Waals surface area contributed by atoms with Gasteiger partial charge in [-0.05, 0) is 42.6 Å². The SMILES string of the molecule is Cc1c(-c2ccc3c(=O)n(C)ccc3c2)nnn1-c1cccnc1F. The Morgan fingerprint density at radius 3 is 2.80 bits per heavy atom. The highest BCUT2D eigenvalue weighted by molar-refractivity contribution is 5.86. The van der Waals surface area contributed by atoms with Crippen LogP contribution in [0.15, 0.2) is 53.6 Å². The first kappa shape index (κ1) is 15.2. The van der Waals surface area contributed by atoms with Gasteiger partial charge in [-0.2, -0.15) is 4.39 Å². The number of rotatable bonds is 2. The van der Waals surface area contributed by atoms with Gasteiger partial charge in [-0.25, -0.2) is 9.67 Å². The Morgan fingerprint density at radius 1 is 1.16 bits per heavy atom. The van der Waals surface area contributed by atoms with Crippen molar-refractivity contribution in [1.82, 2.24) is 24.5 Å². The number of halogens is 1. The standard InChI is InChI=1S/C18H14FN5O/c1-11-16(21-22-24(11)15-4-3-8-20-17(15)19)13-5-6-14-12(10-13)7-9-23(2)18(14)25/h3-10H,1-2H3. The van der Waals surface area contributed by atoms with Gasteiger partial charge >= 0.3 is 0 Å². The number of pyridine rings is 2. The molecule has 4 rings (SSSR count). The Labute approximate surface area is 142 Å². The smallest absolute Gasteiger partial charge is 0.258 e. The predicted molar refractivity (Wildman–Crippen MR) is 92.0 cm³/mol. The molecule has 25 heavy (non-hydrogen) atoms. The summed E-state index contributed by atoms with van der Waals surface area (Å²) >= 11 is 0. The van der Waals surface area contributed by atoms with Gasteiger partial charge in [0.1, 0.15) is 11.4 Å². The van der Waals surface area contributed by atoms with E-state index in [9.17, 15) is 9.18 Å². The zero-order chi connectivity index (χ0) is 17.6. The number of benzene rings is 1. The summed E-state index contributed by atoms with van der Waals surface area (Å²) < 4.78 is 16.9. The van der Waals surface area contributed by atoms with Gasteiger partial charge in [0.25, 0.3) is 5.56 Å². The second-order valence-corrected chi connectivity index (χ2v) is 5.78. The largest absolute Gasteiger partial charge is 0.318 e. The van der Waals surface area contributed by atoms with Gasteiger partial charge in [0.05, 0.1) is 5.69 Å². The van der Waals surface area contributed by atoms with Crippen LogP contribution in [0.3, 0.4) is 0 Å². The summed E-state index contributed by atoms with van der Waals surface area (Å²) in [5.74, 6) is -0.607. The Kier molecular flexibility index (Phi) is 3.42. The van der Waals surface area contributed by atoms with Crippen LogP contribution in [-0.2, 0) is 7.05 Å². The molecule has 3 heterocycles. The van der Waals surface area contributed by atoms with Crippen molar-refractivity contribution >= 4 is 10.8 Å². The van der Waals surface area contributed by atoms with E-state index in [-0.39, 0.29) is 11.2 Å². The van der Waals surface area contributed by atoms with Gasteiger partial charge in [0.15, 0.2) is 0 Å². The predicted octanol–water partition coefficient (Wildman–Crippen LogP) is 2.63. The Morgan fingerprint density at radius 2 is 2.00 bits per heavy atom. The fourth-order valence-corrected chi connectivity index (χ4v) is 2.85. The van der Waals surface area contributed by atoms with Crippen LogP contribution in [0.25, 0.3) is 27.7 Å². The molecule has 0 amide bonds. The van der Waals surface area contributed by atoms with E-state index in [0.29, 0.717) is 16.8 Å². The van der Waals surface area contributed by atoms with Crippen LogP contribution in [0.5, 0.6) is 0 Å². The number of fused-ring (bicyclic) bond motifs is 1.